The quantitative estimate of drug-likeness (QED) is 0.859. The molecular formula is C17H13NO3. The Balaban J connectivity index is 2.16. The minimum Gasteiger partial charge on any atom is -0.508 e. The minimum atomic E-state index is -0.837. The smallest absolute Gasteiger partial charge is 0.180 e. The van der Waals surface area contributed by atoms with Crippen molar-refractivity contribution in [2.24, 2.45) is 10.9 Å². The third-order valence-electron chi connectivity index (χ3n) is 3.51. The van der Waals surface area contributed by atoms with Gasteiger partial charge in [-0.2, -0.15) is 0 Å². The summed E-state index contributed by atoms with van der Waals surface area (Å²) in [5.74, 6) is -1.11. The molecule has 0 amide bonds. The first kappa shape index (κ1) is 13.2. The molecule has 1 unspecified atom stereocenters. The topological polar surface area (TPSA) is 66.7 Å². The van der Waals surface area contributed by atoms with Crippen molar-refractivity contribution in [1.82, 2.24) is 0 Å². The predicted octanol–water partition coefficient (Wildman–Crippen LogP) is 2.91. The molecule has 0 spiro atoms. The maximum atomic E-state index is 12.4. The van der Waals surface area contributed by atoms with Crippen LogP contribution in [0.4, 0.5) is 5.69 Å². The first-order chi connectivity index (χ1) is 10.1. The summed E-state index contributed by atoms with van der Waals surface area (Å²) < 4.78 is 0. The highest BCUT2D eigenvalue weighted by molar-refractivity contribution is 6.37. The average Bonchev–Trinajstić information content (AvgIpc) is 2.75. The van der Waals surface area contributed by atoms with E-state index in [1.807, 2.05) is 6.07 Å². The van der Waals surface area contributed by atoms with Crippen LogP contribution in [-0.4, -0.2) is 22.4 Å². The van der Waals surface area contributed by atoms with Gasteiger partial charge in [-0.3, -0.25) is 14.6 Å². The minimum absolute atomic E-state index is 0.143. The van der Waals surface area contributed by atoms with Crippen molar-refractivity contribution in [3.63, 3.8) is 0 Å². The molecule has 0 aromatic heterocycles. The van der Waals surface area contributed by atoms with Gasteiger partial charge in [-0.25, -0.2) is 0 Å². The van der Waals surface area contributed by atoms with Gasteiger partial charge in [-0.05, 0) is 31.2 Å². The van der Waals surface area contributed by atoms with Crippen LogP contribution in [-0.2, 0) is 4.79 Å². The van der Waals surface area contributed by atoms with Crippen LogP contribution in [0.25, 0.3) is 0 Å². The van der Waals surface area contributed by atoms with Gasteiger partial charge < -0.3 is 5.11 Å². The van der Waals surface area contributed by atoms with Crippen LogP contribution in [0, 0.1) is 5.92 Å². The van der Waals surface area contributed by atoms with E-state index < -0.39 is 5.92 Å². The van der Waals surface area contributed by atoms with E-state index in [0.717, 1.165) is 0 Å². The molecule has 1 atom stereocenters. The van der Waals surface area contributed by atoms with Crippen LogP contribution in [0.1, 0.15) is 22.8 Å². The van der Waals surface area contributed by atoms with Crippen LogP contribution in [0.2, 0.25) is 0 Å². The monoisotopic (exact) mass is 279 g/mol. The summed E-state index contributed by atoms with van der Waals surface area (Å²) in [5.41, 5.74) is 2.32. The number of phenolic OH excluding ortho intramolecular Hbond substituents is 1. The molecule has 0 bridgehead atoms. The lowest BCUT2D eigenvalue weighted by atomic mass is 9.99. The number of carbonyl (C=O) groups is 2. The SMILES string of the molecule is CC(=O)C1C(=O)c2ccccc2C1=Nc1ccc(O)cc1. The average molecular weight is 279 g/mol. The van der Waals surface area contributed by atoms with Gasteiger partial charge in [0.1, 0.15) is 17.5 Å². The van der Waals surface area contributed by atoms with Crippen molar-refractivity contribution in [3.8, 4) is 5.75 Å². The molecule has 0 fully saturated rings. The maximum absolute atomic E-state index is 12.4. The van der Waals surface area contributed by atoms with E-state index >= 15 is 0 Å². The number of carbonyl (C=O) groups excluding carboxylic acids is 2. The third-order valence-corrected chi connectivity index (χ3v) is 3.51. The molecule has 2 aromatic carbocycles. The number of hydrogen-bond acceptors (Lipinski definition) is 4. The number of fused-ring (bicyclic) bond motifs is 1. The molecule has 3 rings (SSSR count). The molecule has 2 aromatic rings. The Morgan fingerprint density at radius 3 is 2.29 bits per heavy atom. The molecule has 0 saturated heterocycles. The van der Waals surface area contributed by atoms with Crippen molar-refractivity contribution in [3.05, 3.63) is 59.7 Å². The zero-order valence-electron chi connectivity index (χ0n) is 11.4. The van der Waals surface area contributed by atoms with Crippen LogP contribution in [0.15, 0.2) is 53.5 Å². The van der Waals surface area contributed by atoms with Gasteiger partial charge in [-0.1, -0.05) is 24.3 Å². The number of hydrogen-bond donors (Lipinski definition) is 1. The van der Waals surface area contributed by atoms with E-state index in [2.05, 4.69) is 4.99 Å². The van der Waals surface area contributed by atoms with Crippen molar-refractivity contribution >= 4 is 23.0 Å². The first-order valence-electron chi connectivity index (χ1n) is 6.59. The number of aromatic hydroxyl groups is 1. The van der Waals surface area contributed by atoms with Gasteiger partial charge >= 0.3 is 0 Å². The Morgan fingerprint density at radius 2 is 1.67 bits per heavy atom. The summed E-state index contributed by atoms with van der Waals surface area (Å²) in [4.78, 5) is 28.6. The number of ketones is 2. The van der Waals surface area contributed by atoms with Crippen LogP contribution in [0.5, 0.6) is 5.75 Å². The molecule has 104 valence electrons. The molecule has 0 aliphatic heterocycles. The van der Waals surface area contributed by atoms with Crippen LogP contribution in [0.3, 0.4) is 0 Å². The van der Waals surface area contributed by atoms with Crippen LogP contribution >= 0.6 is 0 Å². The predicted molar refractivity (Wildman–Crippen MR) is 79.2 cm³/mol. The summed E-state index contributed by atoms with van der Waals surface area (Å²) in [6, 6.07) is 13.4. The van der Waals surface area contributed by atoms with E-state index in [4.69, 9.17) is 0 Å². The Morgan fingerprint density at radius 1 is 1.05 bits per heavy atom. The third kappa shape index (κ3) is 2.25. The Hall–Kier alpha value is -2.75. The highest BCUT2D eigenvalue weighted by Crippen LogP contribution is 2.30. The molecule has 0 radical (unpaired) electrons. The van der Waals surface area contributed by atoms with Gasteiger partial charge in [0.15, 0.2) is 5.78 Å². The number of aliphatic imine (C=N–C) groups is 1. The van der Waals surface area contributed by atoms with E-state index in [0.29, 0.717) is 22.5 Å². The lowest BCUT2D eigenvalue weighted by Gasteiger charge is -2.06. The Kier molecular flexibility index (Phi) is 3.14. The maximum Gasteiger partial charge on any atom is 0.180 e. The first-order valence-corrected chi connectivity index (χ1v) is 6.59. The zero-order chi connectivity index (χ0) is 15.0. The Bertz CT molecular complexity index is 760. The number of benzene rings is 2. The van der Waals surface area contributed by atoms with Gasteiger partial charge in [0, 0.05) is 11.1 Å². The molecule has 4 heteroatoms. The molecule has 21 heavy (non-hydrogen) atoms. The van der Waals surface area contributed by atoms with Crippen molar-refractivity contribution in [1.29, 1.82) is 0 Å². The lowest BCUT2D eigenvalue weighted by Crippen LogP contribution is -2.23. The molecule has 1 aliphatic carbocycles. The number of phenols is 1. The highest BCUT2D eigenvalue weighted by Gasteiger charge is 2.39. The summed E-state index contributed by atoms with van der Waals surface area (Å²) in [7, 11) is 0. The highest BCUT2D eigenvalue weighted by atomic mass is 16.3. The summed E-state index contributed by atoms with van der Waals surface area (Å²) in [6.07, 6.45) is 0. The number of Topliss-reactive ketones (excluding diaryl/α,β-unsaturated/α-hetero) is 2. The van der Waals surface area contributed by atoms with Crippen molar-refractivity contribution in [2.45, 2.75) is 6.92 Å². The number of nitrogens with zero attached hydrogens (tertiary/aromatic N) is 1. The van der Waals surface area contributed by atoms with Crippen LogP contribution < -0.4 is 0 Å². The molecule has 1 aliphatic rings. The van der Waals surface area contributed by atoms with E-state index in [1.54, 1.807) is 30.3 Å². The van der Waals surface area contributed by atoms with Crippen molar-refractivity contribution < 1.29 is 14.7 Å². The largest absolute Gasteiger partial charge is 0.508 e. The fraction of sp³-hybridized carbons (Fsp3) is 0.118. The fourth-order valence-electron chi connectivity index (χ4n) is 2.52. The van der Waals surface area contributed by atoms with Gasteiger partial charge in [0.2, 0.25) is 0 Å². The van der Waals surface area contributed by atoms with Gasteiger partial charge in [0.05, 0.1) is 11.4 Å². The standard InChI is InChI=1S/C17H13NO3/c1-10(19)15-16(18-11-6-8-12(20)9-7-11)13-4-2-3-5-14(13)17(15)21/h2-9,15,20H,1H3. The molecule has 1 N–H and O–H groups in total. The van der Waals surface area contributed by atoms with Gasteiger partial charge in [-0.15, -0.1) is 0 Å². The molecule has 4 nitrogen and oxygen atoms in total. The summed E-state index contributed by atoms with van der Waals surface area (Å²) in [5, 5.41) is 9.30. The fourth-order valence-corrected chi connectivity index (χ4v) is 2.52. The summed E-state index contributed by atoms with van der Waals surface area (Å²) in [6.45, 7) is 1.40. The Labute approximate surface area is 121 Å². The van der Waals surface area contributed by atoms with Crippen molar-refractivity contribution in [2.75, 3.05) is 0 Å². The number of rotatable bonds is 2. The van der Waals surface area contributed by atoms with E-state index in [9.17, 15) is 14.7 Å². The normalized spacial score (nSPS) is 18.8. The summed E-state index contributed by atoms with van der Waals surface area (Å²) >= 11 is 0. The lowest BCUT2D eigenvalue weighted by molar-refractivity contribution is -0.117. The van der Waals surface area contributed by atoms with E-state index in [1.165, 1.54) is 19.1 Å². The molecule has 0 heterocycles. The molecule has 0 saturated carbocycles. The molecular weight excluding hydrogens is 266 g/mol. The second-order valence-electron chi connectivity index (χ2n) is 4.97. The van der Waals surface area contributed by atoms with E-state index in [-0.39, 0.29) is 17.3 Å². The second-order valence-corrected chi connectivity index (χ2v) is 4.97. The second kappa shape index (κ2) is 4.98. The van der Waals surface area contributed by atoms with Gasteiger partial charge in [0.25, 0.3) is 0 Å². The zero-order valence-corrected chi connectivity index (χ0v) is 11.4.